The van der Waals surface area contributed by atoms with Crippen molar-refractivity contribution in [2.24, 2.45) is 55.7 Å². The summed E-state index contributed by atoms with van der Waals surface area (Å²) in [6.45, 7) is 20.0. The van der Waals surface area contributed by atoms with Crippen LogP contribution in [-0.4, -0.2) is 47.6 Å². The zero-order valence-corrected chi connectivity index (χ0v) is 35.4. The lowest BCUT2D eigenvalue weighted by Crippen LogP contribution is -2.65. The molecule has 2 N–H and O–H groups in total. The number of hydrogen-bond donors (Lipinski definition) is 2. The van der Waals surface area contributed by atoms with Crippen molar-refractivity contribution in [3.8, 4) is 0 Å². The molecule has 55 heavy (non-hydrogen) atoms. The second kappa shape index (κ2) is 13.4. The van der Waals surface area contributed by atoms with Crippen molar-refractivity contribution < 1.29 is 33.8 Å². The number of nitrogens with one attached hydrogen (secondary N) is 1. The van der Waals surface area contributed by atoms with Gasteiger partial charge >= 0.3 is 17.9 Å². The van der Waals surface area contributed by atoms with Gasteiger partial charge in [-0.1, -0.05) is 65.3 Å². The fourth-order valence-corrected chi connectivity index (χ4v) is 14.5. The number of Topliss-reactive ketones (excluding diaryl/α,β-unsaturated/α-hetero) is 1. The first-order chi connectivity index (χ1) is 25.6. The van der Waals surface area contributed by atoms with Crippen molar-refractivity contribution in [1.82, 2.24) is 5.32 Å². The quantitative estimate of drug-likeness (QED) is 0.213. The molecule has 6 aliphatic rings. The third-order valence-electron chi connectivity index (χ3n) is 17.3. The zero-order chi connectivity index (χ0) is 40.1. The molecule has 0 heterocycles. The van der Waals surface area contributed by atoms with Gasteiger partial charge in [-0.05, 0) is 140 Å². The topological polar surface area (TPSA) is 119 Å². The van der Waals surface area contributed by atoms with Gasteiger partial charge in [0.1, 0.15) is 12.2 Å². The fraction of sp³-hybridized carbons (Fsp3) is 0.739. The summed E-state index contributed by atoms with van der Waals surface area (Å²) in [7, 11) is 0. The number of carbonyl (C=O) groups excluding carboxylic acids is 3. The molecule has 302 valence electrons. The Kier molecular flexibility index (Phi) is 9.88. The zero-order valence-electron chi connectivity index (χ0n) is 34.7. The van der Waals surface area contributed by atoms with Gasteiger partial charge in [0.2, 0.25) is 0 Å². The number of ketones is 1. The summed E-state index contributed by atoms with van der Waals surface area (Å²) in [5.74, 6) is -0.718. The molecule has 9 heteroatoms. The van der Waals surface area contributed by atoms with Crippen LogP contribution in [0.1, 0.15) is 139 Å². The largest absolute Gasteiger partial charge is 0.481 e. The van der Waals surface area contributed by atoms with E-state index in [-0.39, 0.29) is 63.2 Å². The van der Waals surface area contributed by atoms with Crippen molar-refractivity contribution in [3.05, 3.63) is 46.0 Å². The number of carboxylic acid groups (broad SMARTS) is 1. The number of fused-ring (bicyclic) bond motifs is 6. The third-order valence-corrected chi connectivity index (χ3v) is 17.6. The minimum Gasteiger partial charge on any atom is -0.481 e. The highest BCUT2D eigenvalue weighted by atomic mass is 35.5. The molecule has 1 unspecified atom stereocenters. The van der Waals surface area contributed by atoms with E-state index in [0.29, 0.717) is 30.5 Å². The van der Waals surface area contributed by atoms with Crippen LogP contribution in [0.15, 0.2) is 35.4 Å². The summed E-state index contributed by atoms with van der Waals surface area (Å²) in [5.41, 5.74) is 1.64. The first-order valence-corrected chi connectivity index (χ1v) is 21.3. The van der Waals surface area contributed by atoms with Gasteiger partial charge in [0.05, 0.1) is 11.8 Å². The van der Waals surface area contributed by atoms with Crippen LogP contribution in [0.3, 0.4) is 0 Å². The Balaban J connectivity index is 1.18. The summed E-state index contributed by atoms with van der Waals surface area (Å²) in [5, 5.41) is 13.9. The molecule has 1 spiro atoms. The van der Waals surface area contributed by atoms with Crippen molar-refractivity contribution in [3.63, 3.8) is 0 Å². The van der Waals surface area contributed by atoms with E-state index in [1.165, 1.54) is 12.5 Å². The molecular formula is C46H64ClNO7. The molecule has 5 saturated carbocycles. The maximum atomic E-state index is 14.3. The summed E-state index contributed by atoms with van der Waals surface area (Å²) in [4.78, 5) is 52.0. The van der Waals surface area contributed by atoms with Gasteiger partial charge in [0, 0.05) is 42.3 Å². The van der Waals surface area contributed by atoms with Crippen LogP contribution in [0.4, 0.5) is 0 Å². The normalized spacial score (nSPS) is 39.6. The first kappa shape index (κ1) is 40.5. The molecule has 10 atom stereocenters. The maximum absolute atomic E-state index is 14.3. The minimum atomic E-state index is -1.17. The first-order valence-electron chi connectivity index (χ1n) is 20.9. The molecule has 8 nitrogen and oxygen atoms in total. The van der Waals surface area contributed by atoms with E-state index in [2.05, 4.69) is 46.9 Å². The summed E-state index contributed by atoms with van der Waals surface area (Å²) >= 11 is 6.29. The Hall–Kier alpha value is -2.71. The van der Waals surface area contributed by atoms with Gasteiger partial charge in [-0.15, -0.1) is 0 Å². The second-order valence-electron chi connectivity index (χ2n) is 20.6. The monoisotopic (exact) mass is 777 g/mol. The van der Waals surface area contributed by atoms with Gasteiger partial charge in [-0.25, -0.2) is 0 Å². The summed E-state index contributed by atoms with van der Waals surface area (Å²) in [6, 6.07) is 7.78. The van der Waals surface area contributed by atoms with E-state index in [0.717, 1.165) is 68.9 Å². The van der Waals surface area contributed by atoms with Gasteiger partial charge in [-0.3, -0.25) is 19.2 Å². The Morgan fingerprint density at radius 3 is 2.33 bits per heavy atom. The van der Waals surface area contributed by atoms with Crippen molar-refractivity contribution in [2.75, 3.05) is 6.54 Å². The number of rotatable bonds is 11. The highest BCUT2D eigenvalue weighted by Gasteiger charge is 2.82. The van der Waals surface area contributed by atoms with E-state index >= 15 is 0 Å². The number of carboxylic acids is 1. The number of esters is 2. The molecule has 0 saturated heterocycles. The average Bonchev–Trinajstić information content (AvgIpc) is 3.61. The van der Waals surface area contributed by atoms with Crippen LogP contribution >= 0.6 is 11.6 Å². The van der Waals surface area contributed by atoms with Crippen molar-refractivity contribution in [2.45, 2.75) is 152 Å². The standard InChI is InChI=1S/C46H64ClNO7/c1-27(2)37-32(50)22-45(35(54-28(3)49)25-48-24-29-11-10-12-30(47)21-29)19-17-41(6)31(38(37)45)13-14-33-42(41,7)18-20-46-26-44(46,9)34(15-16-43(33,46)8)55-36(51)23-40(4,5)39(52)53/h10-12,21,27,31,33-35,48H,13-20,22-26H2,1-9H3,(H,52,53)/t31-,33+,34+,35-,41-,42-,43-,44?,45+,46+/m1/s1. The van der Waals surface area contributed by atoms with Crippen molar-refractivity contribution >= 4 is 35.3 Å². The summed E-state index contributed by atoms with van der Waals surface area (Å²) in [6.07, 6.45) is 8.44. The number of benzene rings is 1. The smallest absolute Gasteiger partial charge is 0.309 e. The lowest BCUT2D eigenvalue weighted by molar-refractivity contribution is -0.221. The van der Waals surface area contributed by atoms with Gasteiger partial charge in [0.15, 0.2) is 5.78 Å². The second-order valence-corrected chi connectivity index (χ2v) is 21.0. The van der Waals surface area contributed by atoms with Crippen LogP contribution in [0.5, 0.6) is 0 Å². The number of aliphatic carboxylic acids is 1. The number of carbonyl (C=O) groups is 4. The molecule has 1 aromatic carbocycles. The molecule has 7 rings (SSSR count). The molecule has 0 aliphatic heterocycles. The van der Waals surface area contributed by atoms with Crippen LogP contribution < -0.4 is 5.32 Å². The molecule has 0 bridgehead atoms. The SMILES string of the molecule is CC(=O)O[C@H](CNCc1cccc(Cl)c1)[C@@]12CC[C@]3(C)[C@H](CC[C@@H]4[C@@]5(C)CC[C@H](OC(=O)CC(C)(C)C(=O)O)C6(C)C[C@]65CC[C@]43C)C1=C(C(C)C)C(=O)C2. The molecule has 5 fully saturated rings. The molecule has 0 amide bonds. The highest BCUT2D eigenvalue weighted by Crippen LogP contribution is 2.87. The molecule has 1 aromatic rings. The predicted molar refractivity (Wildman–Crippen MR) is 212 cm³/mol. The van der Waals surface area contributed by atoms with E-state index in [1.54, 1.807) is 13.8 Å². The maximum Gasteiger partial charge on any atom is 0.309 e. The lowest BCUT2D eigenvalue weighted by atomic mass is 9.33. The van der Waals surface area contributed by atoms with E-state index in [9.17, 15) is 24.3 Å². The number of ether oxygens (including phenoxy) is 2. The third kappa shape index (κ3) is 5.90. The molecular weight excluding hydrogens is 714 g/mol. The molecule has 0 radical (unpaired) electrons. The Bertz CT molecular complexity index is 1820. The number of hydrogen-bond acceptors (Lipinski definition) is 7. The fourth-order valence-electron chi connectivity index (χ4n) is 14.2. The average molecular weight is 778 g/mol. The van der Waals surface area contributed by atoms with Crippen LogP contribution in [0.2, 0.25) is 5.02 Å². The lowest BCUT2D eigenvalue weighted by Gasteiger charge is -2.71. The van der Waals surface area contributed by atoms with Crippen LogP contribution in [0, 0.1) is 55.7 Å². The van der Waals surface area contributed by atoms with E-state index < -0.39 is 28.9 Å². The summed E-state index contributed by atoms with van der Waals surface area (Å²) < 4.78 is 12.5. The van der Waals surface area contributed by atoms with Gasteiger partial charge in [0.25, 0.3) is 0 Å². The highest BCUT2D eigenvalue weighted by molar-refractivity contribution is 6.30. The van der Waals surface area contributed by atoms with E-state index in [1.807, 2.05) is 24.3 Å². The van der Waals surface area contributed by atoms with E-state index in [4.69, 9.17) is 21.1 Å². The minimum absolute atomic E-state index is 0.0308. The Labute approximate surface area is 333 Å². The van der Waals surface area contributed by atoms with Crippen LogP contribution in [-0.2, 0) is 35.2 Å². The van der Waals surface area contributed by atoms with Gasteiger partial charge < -0.3 is 19.9 Å². The molecule has 0 aromatic heterocycles. The van der Waals surface area contributed by atoms with Crippen LogP contribution in [0.25, 0.3) is 0 Å². The Morgan fingerprint density at radius 2 is 1.67 bits per heavy atom. The number of allylic oxidation sites excluding steroid dienone is 1. The predicted octanol–water partition coefficient (Wildman–Crippen LogP) is 9.51. The number of halogens is 1. The molecule has 6 aliphatic carbocycles. The Morgan fingerprint density at radius 1 is 0.964 bits per heavy atom. The van der Waals surface area contributed by atoms with Gasteiger partial charge in [-0.2, -0.15) is 0 Å². The van der Waals surface area contributed by atoms with Crippen molar-refractivity contribution in [1.29, 1.82) is 0 Å².